The topological polar surface area (TPSA) is 216 Å². The van der Waals surface area contributed by atoms with Crippen LogP contribution in [0.3, 0.4) is 0 Å². The number of carbonyl (C=O) groups is 4. The van der Waals surface area contributed by atoms with Crippen LogP contribution in [0.15, 0.2) is 40.8 Å². The number of carboxylic acid groups (broad SMARTS) is 2. The number of nitrogen functional groups attached to an aromatic ring is 1. The van der Waals surface area contributed by atoms with Crippen molar-refractivity contribution < 1.29 is 43.7 Å². The summed E-state index contributed by atoms with van der Waals surface area (Å²) >= 11 is 0. The van der Waals surface area contributed by atoms with E-state index in [0.717, 1.165) is 0 Å². The molecule has 1 aromatic heterocycles. The summed E-state index contributed by atoms with van der Waals surface area (Å²) in [5, 5.41) is 34.9. The molecule has 1 heterocycles. The van der Waals surface area contributed by atoms with E-state index in [1.165, 1.54) is 43.3 Å². The Morgan fingerprint density at radius 1 is 1.15 bits per heavy atom. The number of nitrogens with two attached hydrogens (primary N) is 1. The lowest BCUT2D eigenvalue weighted by atomic mass is 10.1. The number of benzene rings is 1. The number of aliphatic hydroxyl groups excluding tert-OH is 1. The lowest BCUT2D eigenvalue weighted by molar-refractivity contribution is -0.167. The van der Waals surface area contributed by atoms with Gasteiger partial charge in [0.1, 0.15) is 23.9 Å². The van der Waals surface area contributed by atoms with Gasteiger partial charge in [-0.05, 0) is 36.4 Å². The highest BCUT2D eigenvalue weighted by Crippen LogP contribution is 2.17. The number of carboxylic acids is 2. The molecule has 0 aliphatic carbocycles. The summed E-state index contributed by atoms with van der Waals surface area (Å²) in [4.78, 5) is 46.3. The molecular formula is C20H22N4O9. The third-order valence-electron chi connectivity index (χ3n) is 4.27. The molecule has 0 saturated carbocycles. The molecule has 7 N–H and O–H groups in total. The van der Waals surface area contributed by atoms with E-state index < -0.39 is 42.5 Å². The molecule has 0 aliphatic heterocycles. The van der Waals surface area contributed by atoms with Crippen molar-refractivity contribution in [2.24, 2.45) is 11.7 Å². The standard InChI is InChI=1S/C20H22N4O9/c1-10(17(27)23-24(9-15(25)26)18(28)19(29)30)8-13-6-7-14(32-13)20(31)33-12-4-2-11(3-5-12)16(21)22/h2-7,10,18,28H,8-9H2,1H3,(H3,21,22)(H,23,27)(H,25,26)(H,29,30). The molecule has 0 bridgehead atoms. The summed E-state index contributed by atoms with van der Waals surface area (Å²) in [6, 6.07) is 8.72. The molecule has 2 rings (SSSR count). The highest BCUT2D eigenvalue weighted by molar-refractivity contribution is 5.95. The summed E-state index contributed by atoms with van der Waals surface area (Å²) in [6.07, 6.45) is -2.28. The van der Waals surface area contributed by atoms with Gasteiger partial charge in [-0.25, -0.2) is 9.59 Å². The van der Waals surface area contributed by atoms with Crippen molar-refractivity contribution in [1.82, 2.24) is 10.4 Å². The number of carbonyl (C=O) groups excluding carboxylic acids is 2. The normalized spacial score (nSPS) is 12.6. The minimum Gasteiger partial charge on any atom is -0.480 e. The minimum atomic E-state index is -2.26. The lowest BCUT2D eigenvalue weighted by Gasteiger charge is -2.25. The van der Waals surface area contributed by atoms with E-state index in [4.69, 9.17) is 30.5 Å². The van der Waals surface area contributed by atoms with Gasteiger partial charge in [-0.2, -0.15) is 5.01 Å². The molecule has 1 aromatic carbocycles. The van der Waals surface area contributed by atoms with Gasteiger partial charge in [0.15, 0.2) is 0 Å². The zero-order chi connectivity index (χ0) is 24.7. The molecule has 1 amide bonds. The van der Waals surface area contributed by atoms with Crippen molar-refractivity contribution in [3.05, 3.63) is 53.5 Å². The first-order valence-corrected chi connectivity index (χ1v) is 9.43. The van der Waals surface area contributed by atoms with Gasteiger partial charge in [-0.15, -0.1) is 0 Å². The Morgan fingerprint density at radius 3 is 2.33 bits per heavy atom. The number of hydrazine groups is 1. The van der Waals surface area contributed by atoms with Crippen molar-refractivity contribution in [3.63, 3.8) is 0 Å². The van der Waals surface area contributed by atoms with Gasteiger partial charge in [0.25, 0.3) is 0 Å². The Bertz CT molecular complexity index is 1050. The second-order valence-corrected chi connectivity index (χ2v) is 6.91. The monoisotopic (exact) mass is 462 g/mol. The van der Waals surface area contributed by atoms with Crippen LogP contribution in [0.25, 0.3) is 0 Å². The van der Waals surface area contributed by atoms with Gasteiger partial charge in [0.05, 0.1) is 0 Å². The summed E-state index contributed by atoms with van der Waals surface area (Å²) in [6.45, 7) is 0.509. The highest BCUT2D eigenvalue weighted by atomic mass is 16.5. The van der Waals surface area contributed by atoms with E-state index in [-0.39, 0.29) is 29.5 Å². The van der Waals surface area contributed by atoms with Crippen molar-refractivity contribution in [2.45, 2.75) is 19.6 Å². The smallest absolute Gasteiger partial charge is 0.379 e. The average Bonchev–Trinajstić information content (AvgIpc) is 3.21. The third kappa shape index (κ3) is 7.15. The third-order valence-corrected chi connectivity index (χ3v) is 4.27. The Hall–Kier alpha value is -4.23. The summed E-state index contributed by atoms with van der Waals surface area (Å²) in [7, 11) is 0. The van der Waals surface area contributed by atoms with E-state index in [9.17, 15) is 24.3 Å². The number of aliphatic carboxylic acids is 2. The molecule has 0 fully saturated rings. The summed E-state index contributed by atoms with van der Waals surface area (Å²) < 4.78 is 10.6. The van der Waals surface area contributed by atoms with Crippen LogP contribution in [-0.4, -0.2) is 62.8 Å². The fourth-order valence-electron chi connectivity index (χ4n) is 2.57. The molecule has 2 atom stereocenters. The molecule has 13 nitrogen and oxygen atoms in total. The molecule has 0 radical (unpaired) electrons. The van der Waals surface area contributed by atoms with Gasteiger partial charge in [0, 0.05) is 17.9 Å². The SMILES string of the molecule is CC(Cc1ccc(C(=O)Oc2ccc(C(=N)N)cc2)o1)C(=O)NN(CC(=O)O)C(O)C(=O)O. The van der Waals surface area contributed by atoms with E-state index in [1.54, 1.807) is 0 Å². The molecule has 0 spiro atoms. The number of amidine groups is 1. The second-order valence-electron chi connectivity index (χ2n) is 6.91. The number of furan rings is 1. The van der Waals surface area contributed by atoms with Crippen LogP contribution < -0.4 is 15.9 Å². The maximum absolute atomic E-state index is 12.3. The molecule has 2 aromatic rings. The van der Waals surface area contributed by atoms with Gasteiger partial charge in [-0.1, -0.05) is 6.92 Å². The van der Waals surface area contributed by atoms with E-state index in [0.29, 0.717) is 10.6 Å². The van der Waals surface area contributed by atoms with Gasteiger partial charge in [-0.3, -0.25) is 20.4 Å². The molecule has 33 heavy (non-hydrogen) atoms. The number of esters is 1. The van der Waals surface area contributed by atoms with Gasteiger partial charge < -0.3 is 30.2 Å². The summed E-state index contributed by atoms with van der Waals surface area (Å²) in [5.74, 6) is -5.45. The van der Waals surface area contributed by atoms with Crippen LogP contribution in [-0.2, 0) is 20.8 Å². The Balaban J connectivity index is 1.98. The van der Waals surface area contributed by atoms with E-state index in [1.807, 2.05) is 5.43 Å². The Kier molecular flexibility index (Phi) is 8.25. The number of amides is 1. The molecule has 2 unspecified atom stereocenters. The maximum Gasteiger partial charge on any atom is 0.379 e. The predicted octanol–water partition coefficient (Wildman–Crippen LogP) is -0.218. The highest BCUT2D eigenvalue weighted by Gasteiger charge is 2.28. The number of hydrogen-bond acceptors (Lipinski definition) is 9. The second kappa shape index (κ2) is 10.9. The number of aliphatic hydroxyl groups is 1. The van der Waals surface area contributed by atoms with Crippen LogP contribution in [0.2, 0.25) is 0 Å². The largest absolute Gasteiger partial charge is 0.480 e. The Labute approximate surface area is 186 Å². The first-order chi connectivity index (χ1) is 15.5. The van der Waals surface area contributed by atoms with Crippen LogP contribution in [0.5, 0.6) is 5.75 Å². The Morgan fingerprint density at radius 2 is 1.79 bits per heavy atom. The molecule has 0 saturated heterocycles. The summed E-state index contributed by atoms with van der Waals surface area (Å²) in [5.41, 5.74) is 7.87. The lowest BCUT2D eigenvalue weighted by Crippen LogP contribution is -2.55. The molecule has 176 valence electrons. The molecule has 13 heteroatoms. The van der Waals surface area contributed by atoms with Crippen molar-refractivity contribution in [1.29, 1.82) is 5.41 Å². The number of hydrogen-bond donors (Lipinski definition) is 6. The number of nitrogens with one attached hydrogen (secondary N) is 2. The number of nitrogens with zero attached hydrogens (tertiary/aromatic N) is 1. The van der Waals surface area contributed by atoms with E-state index >= 15 is 0 Å². The maximum atomic E-state index is 12.3. The first kappa shape index (κ1) is 25.0. The van der Waals surface area contributed by atoms with Crippen LogP contribution in [0, 0.1) is 11.3 Å². The fourth-order valence-corrected chi connectivity index (χ4v) is 2.57. The number of ether oxygens (including phenoxy) is 1. The van der Waals surface area contributed by atoms with Gasteiger partial charge in [0.2, 0.25) is 17.9 Å². The van der Waals surface area contributed by atoms with E-state index in [2.05, 4.69) is 0 Å². The van der Waals surface area contributed by atoms with Crippen LogP contribution in [0.1, 0.15) is 28.8 Å². The fraction of sp³-hybridized carbons (Fsp3) is 0.250. The zero-order valence-electron chi connectivity index (χ0n) is 17.3. The quantitative estimate of drug-likeness (QED) is 0.0640. The predicted molar refractivity (Wildman–Crippen MR) is 110 cm³/mol. The average molecular weight is 462 g/mol. The number of rotatable bonds is 11. The minimum absolute atomic E-state index is 0.0174. The van der Waals surface area contributed by atoms with Crippen molar-refractivity contribution in [2.75, 3.05) is 6.54 Å². The molecular weight excluding hydrogens is 440 g/mol. The van der Waals surface area contributed by atoms with Crippen molar-refractivity contribution in [3.8, 4) is 5.75 Å². The van der Waals surface area contributed by atoms with Crippen LogP contribution in [0.4, 0.5) is 0 Å². The van der Waals surface area contributed by atoms with Gasteiger partial charge >= 0.3 is 17.9 Å². The van der Waals surface area contributed by atoms with Crippen LogP contribution >= 0.6 is 0 Å². The first-order valence-electron chi connectivity index (χ1n) is 9.43. The van der Waals surface area contributed by atoms with Crippen molar-refractivity contribution >= 4 is 29.7 Å². The molecule has 0 aliphatic rings. The zero-order valence-corrected chi connectivity index (χ0v) is 17.3.